The molecule has 1 N–H and O–H groups in total. The fourth-order valence-corrected chi connectivity index (χ4v) is 1.52. The van der Waals surface area contributed by atoms with E-state index in [1.54, 1.807) is 6.19 Å². The van der Waals surface area contributed by atoms with E-state index in [0.29, 0.717) is 12.8 Å². The van der Waals surface area contributed by atoms with E-state index >= 15 is 0 Å². The van der Waals surface area contributed by atoms with Crippen molar-refractivity contribution in [3.63, 3.8) is 0 Å². The number of halogens is 1. The number of hydrogen-bond donors (Lipinski definition) is 1. The Labute approximate surface area is 90.9 Å². The van der Waals surface area contributed by atoms with Crippen LogP contribution < -0.4 is 5.32 Å². The Balaban J connectivity index is 2.46. The first kappa shape index (κ1) is 10.7. The molecule has 0 aliphatic carbocycles. The van der Waals surface area contributed by atoms with Crippen LogP contribution in [0, 0.1) is 11.5 Å². The van der Waals surface area contributed by atoms with Crippen molar-refractivity contribution in [2.45, 2.75) is 12.8 Å². The zero-order chi connectivity index (χ0) is 10.4. The van der Waals surface area contributed by atoms with Crippen LogP contribution in [0.2, 0.25) is 0 Å². The van der Waals surface area contributed by atoms with Crippen molar-refractivity contribution in [3.05, 3.63) is 34.3 Å². The minimum absolute atomic E-state index is 0.243. The minimum atomic E-state index is -0.243. The highest BCUT2D eigenvalue weighted by atomic mass is 79.9. The average Bonchev–Trinajstić information content (AvgIpc) is 2.15. The molecule has 14 heavy (non-hydrogen) atoms. The van der Waals surface area contributed by atoms with Crippen molar-refractivity contribution in [2.24, 2.45) is 0 Å². The quantitative estimate of drug-likeness (QED) is 0.661. The van der Waals surface area contributed by atoms with Crippen LogP contribution in [-0.2, 0) is 11.2 Å². The summed E-state index contributed by atoms with van der Waals surface area (Å²) in [5.41, 5.74) is 1.08. The first-order valence-electron chi connectivity index (χ1n) is 4.15. The molecule has 1 rings (SSSR count). The highest BCUT2D eigenvalue weighted by molar-refractivity contribution is 9.10. The molecule has 1 amide bonds. The van der Waals surface area contributed by atoms with E-state index in [-0.39, 0.29) is 5.91 Å². The maximum Gasteiger partial charge on any atom is 0.233 e. The van der Waals surface area contributed by atoms with Gasteiger partial charge in [-0.2, -0.15) is 5.26 Å². The second-order valence-electron chi connectivity index (χ2n) is 2.79. The lowest BCUT2D eigenvalue weighted by atomic mass is 10.1. The summed E-state index contributed by atoms with van der Waals surface area (Å²) >= 11 is 3.35. The smallest absolute Gasteiger partial charge is 0.233 e. The number of nitrogens with zero attached hydrogens (tertiary/aromatic N) is 1. The maximum atomic E-state index is 11.0. The molecule has 0 atom stereocenters. The molecule has 0 spiro atoms. The number of hydrogen-bond acceptors (Lipinski definition) is 2. The molecule has 1 aromatic carbocycles. The molecule has 0 radical (unpaired) electrons. The highest BCUT2D eigenvalue weighted by Gasteiger charge is 2.00. The SMILES string of the molecule is N#CNC(=O)CCc1cccc(Br)c1. The van der Waals surface area contributed by atoms with Crippen LogP contribution in [0.4, 0.5) is 0 Å². The average molecular weight is 253 g/mol. The molecule has 0 fully saturated rings. The van der Waals surface area contributed by atoms with E-state index in [9.17, 15) is 4.79 Å². The van der Waals surface area contributed by atoms with Gasteiger partial charge in [-0.15, -0.1) is 0 Å². The van der Waals surface area contributed by atoms with Gasteiger partial charge in [-0.1, -0.05) is 28.1 Å². The number of amides is 1. The summed E-state index contributed by atoms with van der Waals surface area (Å²) in [4.78, 5) is 11.0. The lowest BCUT2D eigenvalue weighted by Crippen LogP contribution is -2.17. The normalized spacial score (nSPS) is 9.14. The molecule has 0 saturated heterocycles. The number of benzene rings is 1. The zero-order valence-corrected chi connectivity index (χ0v) is 9.04. The Hall–Kier alpha value is -1.34. The maximum absolute atomic E-state index is 11.0. The molecule has 0 saturated carbocycles. The largest absolute Gasteiger partial charge is 0.274 e. The van der Waals surface area contributed by atoms with E-state index in [4.69, 9.17) is 5.26 Å². The molecule has 0 unspecified atom stereocenters. The fourth-order valence-electron chi connectivity index (χ4n) is 1.08. The van der Waals surface area contributed by atoms with Gasteiger partial charge in [0.05, 0.1) is 0 Å². The van der Waals surface area contributed by atoms with Gasteiger partial charge in [0.15, 0.2) is 6.19 Å². The van der Waals surface area contributed by atoms with Crippen molar-refractivity contribution in [1.29, 1.82) is 5.26 Å². The Bertz CT molecular complexity index is 371. The predicted molar refractivity (Wildman–Crippen MR) is 56.2 cm³/mol. The van der Waals surface area contributed by atoms with Crippen LogP contribution in [0.5, 0.6) is 0 Å². The second-order valence-corrected chi connectivity index (χ2v) is 3.71. The lowest BCUT2D eigenvalue weighted by Gasteiger charge is -2.00. The fraction of sp³-hybridized carbons (Fsp3) is 0.200. The Morgan fingerprint density at radius 1 is 1.57 bits per heavy atom. The van der Waals surface area contributed by atoms with Gasteiger partial charge >= 0.3 is 0 Å². The van der Waals surface area contributed by atoms with E-state index in [1.807, 2.05) is 24.3 Å². The molecule has 4 heteroatoms. The zero-order valence-electron chi connectivity index (χ0n) is 7.46. The molecule has 72 valence electrons. The van der Waals surface area contributed by atoms with Gasteiger partial charge in [-0.3, -0.25) is 10.1 Å². The van der Waals surface area contributed by atoms with Gasteiger partial charge in [0, 0.05) is 10.9 Å². The summed E-state index contributed by atoms with van der Waals surface area (Å²) in [6.45, 7) is 0. The molecule has 0 aliphatic heterocycles. The van der Waals surface area contributed by atoms with Gasteiger partial charge in [0.2, 0.25) is 5.91 Å². The van der Waals surface area contributed by atoms with Crippen LogP contribution in [0.1, 0.15) is 12.0 Å². The summed E-state index contributed by atoms with van der Waals surface area (Å²) < 4.78 is 0.996. The first-order chi connectivity index (χ1) is 6.72. The number of nitrogens with one attached hydrogen (secondary N) is 1. The van der Waals surface area contributed by atoms with E-state index in [0.717, 1.165) is 10.0 Å². The van der Waals surface area contributed by atoms with Crippen molar-refractivity contribution >= 4 is 21.8 Å². The summed E-state index contributed by atoms with van der Waals surface area (Å²) in [5, 5.41) is 10.3. The molecule has 0 aliphatic rings. The third-order valence-electron chi connectivity index (χ3n) is 1.73. The van der Waals surface area contributed by atoms with Gasteiger partial charge in [0.1, 0.15) is 0 Å². The molecule has 0 heterocycles. The minimum Gasteiger partial charge on any atom is -0.274 e. The number of carbonyl (C=O) groups excluding carboxylic acids is 1. The van der Waals surface area contributed by atoms with Crippen LogP contribution in [0.25, 0.3) is 0 Å². The molecule has 0 bridgehead atoms. The summed E-state index contributed by atoms with van der Waals surface area (Å²) in [5.74, 6) is -0.243. The number of rotatable bonds is 3. The summed E-state index contributed by atoms with van der Waals surface area (Å²) in [6.07, 6.45) is 2.59. The third-order valence-corrected chi connectivity index (χ3v) is 2.22. The van der Waals surface area contributed by atoms with E-state index in [2.05, 4.69) is 21.2 Å². The molecule has 0 aromatic heterocycles. The number of nitriles is 1. The van der Waals surface area contributed by atoms with Crippen molar-refractivity contribution in [1.82, 2.24) is 5.32 Å². The molecular formula is C10H9BrN2O. The van der Waals surface area contributed by atoms with Gasteiger partial charge < -0.3 is 0 Å². The second kappa shape index (κ2) is 5.40. The van der Waals surface area contributed by atoms with Crippen molar-refractivity contribution in [2.75, 3.05) is 0 Å². The summed E-state index contributed by atoms with van der Waals surface area (Å²) in [7, 11) is 0. The lowest BCUT2D eigenvalue weighted by molar-refractivity contribution is -0.119. The standard InChI is InChI=1S/C10H9BrN2O/c11-9-3-1-2-8(6-9)4-5-10(14)13-7-12/h1-3,6H,4-5H2,(H,13,14). The Morgan fingerprint density at radius 2 is 2.36 bits per heavy atom. The molecular weight excluding hydrogens is 244 g/mol. The number of aryl methyl sites for hydroxylation is 1. The van der Waals surface area contributed by atoms with Crippen molar-refractivity contribution < 1.29 is 4.79 Å². The highest BCUT2D eigenvalue weighted by Crippen LogP contribution is 2.12. The van der Waals surface area contributed by atoms with Gasteiger partial charge in [-0.05, 0) is 24.1 Å². The topological polar surface area (TPSA) is 52.9 Å². The first-order valence-corrected chi connectivity index (χ1v) is 4.94. The Morgan fingerprint density at radius 3 is 3.00 bits per heavy atom. The van der Waals surface area contributed by atoms with Crippen LogP contribution in [0.3, 0.4) is 0 Å². The van der Waals surface area contributed by atoms with Crippen LogP contribution in [-0.4, -0.2) is 5.91 Å². The van der Waals surface area contributed by atoms with E-state index < -0.39 is 0 Å². The predicted octanol–water partition coefficient (Wildman–Crippen LogP) is 1.98. The number of carbonyl (C=O) groups is 1. The van der Waals surface area contributed by atoms with Gasteiger partial charge in [-0.25, -0.2) is 0 Å². The molecule has 1 aromatic rings. The van der Waals surface area contributed by atoms with Crippen molar-refractivity contribution in [3.8, 4) is 6.19 Å². The third kappa shape index (κ3) is 3.58. The van der Waals surface area contributed by atoms with Crippen LogP contribution >= 0.6 is 15.9 Å². The summed E-state index contributed by atoms with van der Waals surface area (Å²) in [6, 6.07) is 7.75. The van der Waals surface area contributed by atoms with Crippen LogP contribution in [0.15, 0.2) is 28.7 Å². The molecule has 3 nitrogen and oxygen atoms in total. The monoisotopic (exact) mass is 252 g/mol. The Kier molecular flexibility index (Phi) is 4.14. The van der Waals surface area contributed by atoms with E-state index in [1.165, 1.54) is 0 Å². The van der Waals surface area contributed by atoms with Gasteiger partial charge in [0.25, 0.3) is 0 Å².